The molecule has 4 aromatic rings. The first-order chi connectivity index (χ1) is 13.1. The lowest BCUT2D eigenvalue weighted by Gasteiger charge is -2.05. The van der Waals surface area contributed by atoms with Crippen LogP contribution in [0.4, 0.5) is 4.39 Å². The summed E-state index contributed by atoms with van der Waals surface area (Å²) in [6.07, 6.45) is 5.85. The maximum atomic E-state index is 13.9. The van der Waals surface area contributed by atoms with Gasteiger partial charge in [0.15, 0.2) is 5.82 Å². The monoisotopic (exact) mass is 430 g/mol. The van der Waals surface area contributed by atoms with Crippen molar-refractivity contribution >= 4 is 26.8 Å². The van der Waals surface area contributed by atoms with Gasteiger partial charge < -0.3 is 10.3 Å². The number of H-pyrrole nitrogens is 1. The van der Waals surface area contributed by atoms with E-state index in [9.17, 15) is 9.18 Å². The number of fused-ring (bicyclic) bond motifs is 1. The highest BCUT2D eigenvalue weighted by molar-refractivity contribution is 9.10. The number of nitrogens with zero attached hydrogens (tertiary/aromatic N) is 4. The van der Waals surface area contributed by atoms with E-state index < -0.39 is 5.69 Å². The van der Waals surface area contributed by atoms with Gasteiger partial charge in [0, 0.05) is 40.6 Å². The Bertz CT molecular complexity index is 1180. The summed E-state index contributed by atoms with van der Waals surface area (Å²) in [4.78, 5) is 16.7. The van der Waals surface area contributed by atoms with Crippen LogP contribution in [0.2, 0.25) is 0 Å². The molecule has 0 aliphatic heterocycles. The zero-order valence-corrected chi connectivity index (χ0v) is 15.8. The number of rotatable bonds is 5. The van der Waals surface area contributed by atoms with E-state index in [4.69, 9.17) is 5.73 Å². The summed E-state index contributed by atoms with van der Waals surface area (Å²) in [6.45, 7) is 1.20. The Morgan fingerprint density at radius 2 is 2.11 bits per heavy atom. The van der Waals surface area contributed by atoms with Crippen molar-refractivity contribution in [1.29, 1.82) is 0 Å². The third kappa shape index (κ3) is 3.19. The molecule has 0 aliphatic rings. The fraction of sp³-hybridized carbons (Fsp3) is 0.167. The summed E-state index contributed by atoms with van der Waals surface area (Å²) in [6, 6.07) is 6.35. The highest BCUT2D eigenvalue weighted by atomic mass is 79.9. The van der Waals surface area contributed by atoms with Crippen LogP contribution in [0.1, 0.15) is 6.42 Å². The summed E-state index contributed by atoms with van der Waals surface area (Å²) >= 11 is 3.38. The van der Waals surface area contributed by atoms with E-state index in [1.807, 2.05) is 16.8 Å². The fourth-order valence-corrected chi connectivity index (χ4v) is 3.49. The predicted molar refractivity (Wildman–Crippen MR) is 104 cm³/mol. The Labute approximate surface area is 161 Å². The Balaban J connectivity index is 1.97. The normalized spacial score (nSPS) is 11.4. The molecule has 3 aromatic heterocycles. The van der Waals surface area contributed by atoms with Crippen LogP contribution in [0, 0.1) is 5.82 Å². The van der Waals surface area contributed by atoms with Gasteiger partial charge in [-0.3, -0.25) is 4.98 Å². The van der Waals surface area contributed by atoms with Crippen molar-refractivity contribution in [2.45, 2.75) is 13.0 Å². The molecule has 3 heterocycles. The van der Waals surface area contributed by atoms with Crippen LogP contribution < -0.4 is 11.4 Å². The molecule has 0 unspecified atom stereocenters. The highest BCUT2D eigenvalue weighted by Crippen LogP contribution is 2.28. The number of halogens is 2. The SMILES string of the molecule is NCCCn1cc(-n2c(-c3cncc(Br)c3)n[nH]c2=O)c2cc(F)ccc21. The minimum absolute atomic E-state index is 0.373. The van der Waals surface area contributed by atoms with E-state index in [2.05, 4.69) is 31.1 Å². The molecule has 9 heteroatoms. The first-order valence-electron chi connectivity index (χ1n) is 8.35. The average Bonchev–Trinajstić information content (AvgIpc) is 3.20. The van der Waals surface area contributed by atoms with Gasteiger partial charge in [0.2, 0.25) is 0 Å². The van der Waals surface area contributed by atoms with Crippen molar-refractivity contribution in [3.8, 4) is 17.1 Å². The van der Waals surface area contributed by atoms with E-state index in [0.29, 0.717) is 35.6 Å². The molecule has 0 saturated carbocycles. The van der Waals surface area contributed by atoms with Gasteiger partial charge in [-0.1, -0.05) is 0 Å². The van der Waals surface area contributed by atoms with Crippen LogP contribution in [0.3, 0.4) is 0 Å². The molecule has 0 radical (unpaired) electrons. The first-order valence-corrected chi connectivity index (χ1v) is 9.15. The molecule has 3 N–H and O–H groups in total. The first kappa shape index (κ1) is 17.6. The molecule has 1 aromatic carbocycles. The summed E-state index contributed by atoms with van der Waals surface area (Å²) < 4.78 is 18.1. The number of hydrogen-bond donors (Lipinski definition) is 2. The molecular weight excluding hydrogens is 415 g/mol. The van der Waals surface area contributed by atoms with Crippen molar-refractivity contribution in [1.82, 2.24) is 24.3 Å². The Kier molecular flexibility index (Phi) is 4.63. The second-order valence-corrected chi connectivity index (χ2v) is 7.01. The predicted octanol–water partition coefficient (Wildman–Crippen LogP) is 2.83. The molecule has 0 aliphatic carbocycles. The number of nitrogens with one attached hydrogen (secondary N) is 1. The van der Waals surface area contributed by atoms with E-state index >= 15 is 0 Å². The zero-order chi connectivity index (χ0) is 19.0. The van der Waals surface area contributed by atoms with Gasteiger partial charge in [-0.15, -0.1) is 0 Å². The van der Waals surface area contributed by atoms with Crippen LogP contribution in [0.5, 0.6) is 0 Å². The Morgan fingerprint density at radius 3 is 2.89 bits per heavy atom. The average molecular weight is 431 g/mol. The largest absolute Gasteiger partial charge is 0.348 e. The smallest absolute Gasteiger partial charge is 0.345 e. The zero-order valence-electron chi connectivity index (χ0n) is 14.2. The number of benzene rings is 1. The molecule has 0 spiro atoms. The third-order valence-corrected chi connectivity index (χ3v) is 4.74. The molecule has 0 fully saturated rings. The van der Waals surface area contributed by atoms with Gasteiger partial charge in [0.25, 0.3) is 0 Å². The lowest BCUT2D eigenvalue weighted by molar-refractivity contribution is 0.629. The lowest BCUT2D eigenvalue weighted by atomic mass is 10.2. The maximum Gasteiger partial charge on any atom is 0.348 e. The van der Waals surface area contributed by atoms with Crippen LogP contribution >= 0.6 is 15.9 Å². The van der Waals surface area contributed by atoms with E-state index in [1.54, 1.807) is 18.5 Å². The fourth-order valence-electron chi connectivity index (χ4n) is 3.12. The van der Waals surface area contributed by atoms with Crippen LogP contribution in [0.15, 0.2) is 52.1 Å². The Morgan fingerprint density at radius 1 is 1.26 bits per heavy atom. The summed E-state index contributed by atoms with van der Waals surface area (Å²) in [5, 5.41) is 7.25. The third-order valence-electron chi connectivity index (χ3n) is 4.30. The van der Waals surface area contributed by atoms with Gasteiger partial charge in [-0.2, -0.15) is 5.10 Å². The number of aromatic nitrogens is 5. The van der Waals surface area contributed by atoms with E-state index in [0.717, 1.165) is 16.4 Å². The van der Waals surface area contributed by atoms with Crippen molar-refractivity contribution in [3.63, 3.8) is 0 Å². The van der Waals surface area contributed by atoms with Crippen molar-refractivity contribution < 1.29 is 4.39 Å². The van der Waals surface area contributed by atoms with Crippen LogP contribution in [-0.4, -0.2) is 30.9 Å². The maximum absolute atomic E-state index is 13.9. The van der Waals surface area contributed by atoms with E-state index in [-0.39, 0.29) is 5.82 Å². The van der Waals surface area contributed by atoms with Crippen molar-refractivity contribution in [3.05, 3.63) is 63.6 Å². The number of aromatic amines is 1. The molecule has 0 saturated heterocycles. The van der Waals surface area contributed by atoms with Gasteiger partial charge in [0.05, 0.1) is 11.2 Å². The number of aryl methyl sites for hydroxylation is 1. The number of pyridine rings is 1. The second kappa shape index (κ2) is 7.09. The minimum Gasteiger partial charge on any atom is -0.345 e. The molecule has 27 heavy (non-hydrogen) atoms. The molecular formula is C18H16BrFN6O. The van der Waals surface area contributed by atoms with Gasteiger partial charge >= 0.3 is 5.69 Å². The summed E-state index contributed by atoms with van der Waals surface area (Å²) in [5.74, 6) is 0.0264. The highest BCUT2D eigenvalue weighted by Gasteiger charge is 2.18. The van der Waals surface area contributed by atoms with Gasteiger partial charge in [-0.05, 0) is 53.2 Å². The molecule has 0 bridgehead atoms. The van der Waals surface area contributed by atoms with Crippen molar-refractivity contribution in [2.75, 3.05) is 6.54 Å². The number of nitrogens with two attached hydrogens (primary N) is 1. The van der Waals surface area contributed by atoms with Crippen molar-refractivity contribution in [2.24, 2.45) is 5.73 Å². The summed E-state index contributed by atoms with van der Waals surface area (Å²) in [5.41, 5.74) is 7.25. The number of hydrogen-bond acceptors (Lipinski definition) is 4. The Hall–Kier alpha value is -2.78. The quantitative estimate of drug-likeness (QED) is 0.508. The second-order valence-electron chi connectivity index (χ2n) is 6.09. The lowest BCUT2D eigenvalue weighted by Crippen LogP contribution is -2.15. The molecule has 0 atom stereocenters. The van der Waals surface area contributed by atoms with Crippen LogP contribution in [-0.2, 0) is 6.54 Å². The minimum atomic E-state index is -0.410. The molecule has 138 valence electrons. The van der Waals surface area contributed by atoms with E-state index in [1.165, 1.54) is 16.7 Å². The van der Waals surface area contributed by atoms with Gasteiger partial charge in [-0.25, -0.2) is 18.9 Å². The standard InChI is InChI=1S/C18H16BrFN6O/c19-12-6-11(8-22-9-12)17-23-24-18(27)26(17)16-10-25(5-1-4-21)15-3-2-13(20)7-14(15)16/h2-3,6-10H,1,4-5,21H2,(H,24,27). The van der Waals surface area contributed by atoms with Crippen LogP contribution in [0.25, 0.3) is 28.0 Å². The van der Waals surface area contributed by atoms with Gasteiger partial charge in [0.1, 0.15) is 5.82 Å². The molecule has 7 nitrogen and oxygen atoms in total. The molecule has 4 rings (SSSR count). The molecule has 0 amide bonds. The summed E-state index contributed by atoms with van der Waals surface area (Å²) in [7, 11) is 0. The topological polar surface area (TPSA) is 94.5 Å².